The molecule has 0 radical (unpaired) electrons. The summed E-state index contributed by atoms with van der Waals surface area (Å²) in [6.45, 7) is 7.78. The summed E-state index contributed by atoms with van der Waals surface area (Å²) in [5.41, 5.74) is 0.342. The van der Waals surface area contributed by atoms with Gasteiger partial charge >= 0.3 is 6.09 Å². The van der Waals surface area contributed by atoms with Gasteiger partial charge in [-0.2, -0.15) is 11.8 Å². The predicted octanol–water partition coefficient (Wildman–Crippen LogP) is 8.06. The molecule has 8 nitrogen and oxygen atoms in total. The first kappa shape index (κ1) is 35.8. The summed E-state index contributed by atoms with van der Waals surface area (Å²) in [5, 5.41) is 18.2. The lowest BCUT2D eigenvalue weighted by molar-refractivity contribution is -0.141. The number of carbonyl (C=O) groups is 3. The molecule has 0 saturated heterocycles. The largest absolute Gasteiger partial charge is 0.508 e. The molecule has 3 rings (SSSR count). The highest BCUT2D eigenvalue weighted by Crippen LogP contribution is 2.29. The highest BCUT2D eigenvalue weighted by atomic mass is 32.2. The molecular formula is C36H49N3O5S. The second-order valence-electron chi connectivity index (χ2n) is 12.3. The van der Waals surface area contributed by atoms with Crippen molar-refractivity contribution in [3.63, 3.8) is 0 Å². The van der Waals surface area contributed by atoms with E-state index in [4.69, 9.17) is 4.74 Å². The molecule has 3 N–H and O–H groups in total. The van der Waals surface area contributed by atoms with Crippen molar-refractivity contribution in [2.75, 3.05) is 23.9 Å². The van der Waals surface area contributed by atoms with Crippen LogP contribution >= 0.6 is 11.8 Å². The van der Waals surface area contributed by atoms with Crippen molar-refractivity contribution in [3.05, 3.63) is 72.3 Å². The van der Waals surface area contributed by atoms with E-state index in [1.54, 1.807) is 49.6 Å². The van der Waals surface area contributed by atoms with Gasteiger partial charge in [0.2, 0.25) is 5.91 Å². The molecule has 0 bridgehead atoms. The molecular weight excluding hydrogens is 586 g/mol. The lowest BCUT2D eigenvalue weighted by Gasteiger charge is -2.34. The van der Waals surface area contributed by atoms with Crippen molar-refractivity contribution in [1.29, 1.82) is 0 Å². The van der Waals surface area contributed by atoms with E-state index in [0.717, 1.165) is 42.9 Å². The van der Waals surface area contributed by atoms with Crippen LogP contribution in [0.4, 0.5) is 10.5 Å². The summed E-state index contributed by atoms with van der Waals surface area (Å²) in [6, 6.07) is 18.1. The Bertz CT molecular complexity index is 1410. The Kier molecular flexibility index (Phi) is 14.1. The van der Waals surface area contributed by atoms with Gasteiger partial charge in [0.25, 0.3) is 5.91 Å². The first-order valence-electron chi connectivity index (χ1n) is 15.9. The number of phenolic OH excluding ortho intramolecular Hbond substituents is 1. The number of thioether (sulfide) groups is 1. The Morgan fingerprint density at radius 3 is 2.31 bits per heavy atom. The van der Waals surface area contributed by atoms with Crippen molar-refractivity contribution in [1.82, 2.24) is 10.2 Å². The number of amides is 3. The quantitative estimate of drug-likeness (QED) is 0.137. The fourth-order valence-electron chi connectivity index (χ4n) is 5.22. The van der Waals surface area contributed by atoms with Crippen LogP contribution in [0.5, 0.6) is 5.75 Å². The van der Waals surface area contributed by atoms with E-state index < -0.39 is 29.7 Å². The minimum atomic E-state index is -1.05. The monoisotopic (exact) mass is 635 g/mol. The van der Waals surface area contributed by atoms with Crippen LogP contribution in [0, 0.1) is 0 Å². The van der Waals surface area contributed by atoms with E-state index in [1.165, 1.54) is 12.1 Å². The van der Waals surface area contributed by atoms with Crippen LogP contribution in [0.3, 0.4) is 0 Å². The molecule has 3 aromatic carbocycles. The Balaban J connectivity index is 2.00. The number of benzene rings is 3. The zero-order valence-electron chi connectivity index (χ0n) is 27.3. The number of anilines is 1. The van der Waals surface area contributed by atoms with E-state index in [-0.39, 0.29) is 11.7 Å². The summed E-state index contributed by atoms with van der Waals surface area (Å²) in [6.07, 6.45) is 7.64. The van der Waals surface area contributed by atoms with Crippen molar-refractivity contribution >= 4 is 46.1 Å². The number of hydrogen-bond acceptors (Lipinski definition) is 6. The molecule has 0 aliphatic heterocycles. The van der Waals surface area contributed by atoms with Gasteiger partial charge in [-0.05, 0) is 86.2 Å². The summed E-state index contributed by atoms with van der Waals surface area (Å²) in [5.74, 6) is -0.160. The minimum absolute atomic E-state index is 0.00576. The second kappa shape index (κ2) is 17.7. The molecule has 0 aromatic heterocycles. The lowest BCUT2D eigenvalue weighted by Crippen LogP contribution is -2.52. The van der Waals surface area contributed by atoms with Gasteiger partial charge in [-0.15, -0.1) is 0 Å². The predicted molar refractivity (Wildman–Crippen MR) is 185 cm³/mol. The van der Waals surface area contributed by atoms with E-state index in [1.807, 2.05) is 48.7 Å². The number of carbonyl (C=O) groups excluding carboxylic acids is 3. The summed E-state index contributed by atoms with van der Waals surface area (Å²) in [4.78, 5) is 43.1. The van der Waals surface area contributed by atoms with Crippen molar-refractivity contribution < 1.29 is 24.2 Å². The fourth-order valence-corrected chi connectivity index (χ4v) is 5.69. The van der Waals surface area contributed by atoms with E-state index in [0.29, 0.717) is 36.4 Å². The third-order valence-electron chi connectivity index (χ3n) is 7.40. The van der Waals surface area contributed by atoms with Crippen molar-refractivity contribution in [2.45, 2.75) is 90.3 Å². The molecule has 0 aliphatic carbocycles. The topological polar surface area (TPSA) is 108 Å². The standard InChI is InChI=1S/C36H49N3O5S/c1-6-7-8-9-10-13-22-39(34(42)31(21-23-45-5)38-35(43)44-36(2,3)4)32(28-17-14-18-30(40)25-28)33(41)37-29-20-19-26-15-11-12-16-27(26)24-29/h11-12,14-20,24-25,31-32,40H,6-10,13,21-23H2,1-5H3,(H,37,41)(H,38,43). The first-order valence-corrected chi connectivity index (χ1v) is 17.3. The lowest BCUT2D eigenvalue weighted by atomic mass is 10.0. The van der Waals surface area contributed by atoms with Crippen LogP contribution in [0.2, 0.25) is 0 Å². The van der Waals surface area contributed by atoms with E-state index >= 15 is 0 Å². The molecule has 2 unspecified atom stereocenters. The Labute approximate surface area is 272 Å². The molecule has 3 amide bonds. The maximum atomic E-state index is 14.5. The number of alkyl carbamates (subject to hydrolysis) is 1. The molecule has 3 aromatic rings. The van der Waals surface area contributed by atoms with Crippen LogP contribution in [0.25, 0.3) is 10.8 Å². The summed E-state index contributed by atoms with van der Waals surface area (Å²) in [7, 11) is 0. The van der Waals surface area contributed by atoms with Gasteiger partial charge in [0, 0.05) is 12.2 Å². The zero-order chi connectivity index (χ0) is 32.8. The Hall–Kier alpha value is -3.72. The number of nitrogens with one attached hydrogen (secondary N) is 2. The van der Waals surface area contributed by atoms with Gasteiger partial charge in [-0.25, -0.2) is 4.79 Å². The highest BCUT2D eigenvalue weighted by Gasteiger charge is 2.36. The van der Waals surface area contributed by atoms with Crippen LogP contribution in [-0.2, 0) is 14.3 Å². The molecule has 0 spiro atoms. The maximum absolute atomic E-state index is 14.5. The number of fused-ring (bicyclic) bond motifs is 1. The Morgan fingerprint density at radius 1 is 0.911 bits per heavy atom. The number of rotatable bonds is 16. The minimum Gasteiger partial charge on any atom is -0.508 e. The SMILES string of the molecule is CCCCCCCCN(C(=O)C(CCSC)NC(=O)OC(C)(C)C)C(C(=O)Nc1ccc2ccccc2c1)c1cccc(O)c1. The van der Waals surface area contributed by atoms with Crippen molar-refractivity contribution in [2.24, 2.45) is 0 Å². The summed E-state index contributed by atoms with van der Waals surface area (Å²) < 4.78 is 5.50. The normalized spacial score (nSPS) is 12.7. The molecule has 2 atom stereocenters. The molecule has 244 valence electrons. The average molecular weight is 636 g/mol. The molecule has 45 heavy (non-hydrogen) atoms. The number of ether oxygens (including phenoxy) is 1. The van der Waals surface area contributed by atoms with Gasteiger partial charge in [-0.3, -0.25) is 9.59 Å². The maximum Gasteiger partial charge on any atom is 0.408 e. The second-order valence-corrected chi connectivity index (χ2v) is 13.3. The van der Waals surface area contributed by atoms with Crippen LogP contribution < -0.4 is 10.6 Å². The van der Waals surface area contributed by atoms with Gasteiger partial charge < -0.3 is 25.4 Å². The zero-order valence-corrected chi connectivity index (χ0v) is 28.1. The number of aromatic hydroxyl groups is 1. The third kappa shape index (κ3) is 11.6. The van der Waals surface area contributed by atoms with Crippen LogP contribution in [0.15, 0.2) is 66.7 Å². The molecule has 0 fully saturated rings. The number of hydrogen-bond donors (Lipinski definition) is 3. The van der Waals surface area contributed by atoms with Gasteiger partial charge in [0.15, 0.2) is 0 Å². The average Bonchev–Trinajstić information content (AvgIpc) is 2.99. The molecule has 9 heteroatoms. The first-order chi connectivity index (χ1) is 21.5. The van der Waals surface area contributed by atoms with Crippen molar-refractivity contribution in [3.8, 4) is 5.75 Å². The fraction of sp³-hybridized carbons (Fsp3) is 0.472. The van der Waals surface area contributed by atoms with E-state index in [2.05, 4.69) is 17.6 Å². The molecule has 0 aliphatic rings. The molecule has 0 saturated carbocycles. The van der Waals surface area contributed by atoms with Crippen LogP contribution in [-0.4, -0.2) is 58.1 Å². The van der Waals surface area contributed by atoms with Gasteiger partial charge in [0.05, 0.1) is 0 Å². The number of unbranched alkanes of at least 4 members (excludes halogenated alkanes) is 5. The highest BCUT2D eigenvalue weighted by molar-refractivity contribution is 7.98. The smallest absolute Gasteiger partial charge is 0.408 e. The molecule has 0 heterocycles. The Morgan fingerprint density at radius 2 is 1.62 bits per heavy atom. The number of nitrogens with zero attached hydrogens (tertiary/aromatic N) is 1. The van der Waals surface area contributed by atoms with Gasteiger partial charge in [-0.1, -0.05) is 81.5 Å². The van der Waals surface area contributed by atoms with Gasteiger partial charge in [0.1, 0.15) is 23.4 Å². The van der Waals surface area contributed by atoms with Crippen LogP contribution in [0.1, 0.15) is 84.2 Å². The van der Waals surface area contributed by atoms with E-state index in [9.17, 15) is 19.5 Å². The number of phenols is 1. The summed E-state index contributed by atoms with van der Waals surface area (Å²) >= 11 is 1.57. The third-order valence-corrected chi connectivity index (χ3v) is 8.04.